The van der Waals surface area contributed by atoms with E-state index in [0.717, 1.165) is 11.3 Å². The van der Waals surface area contributed by atoms with Gasteiger partial charge in [-0.05, 0) is 96.4 Å². The molecule has 0 unspecified atom stereocenters. The number of rotatable bonds is 16. The molecular weight excluding hydrogens is 893 g/mol. The van der Waals surface area contributed by atoms with Crippen LogP contribution in [-0.2, 0) is 47.9 Å². The second-order valence-electron chi connectivity index (χ2n) is 18.9. The molecule has 0 bridgehead atoms. The van der Waals surface area contributed by atoms with Crippen molar-refractivity contribution < 1.29 is 68.4 Å². The van der Waals surface area contributed by atoms with Crippen LogP contribution >= 0.6 is 0 Å². The van der Waals surface area contributed by atoms with E-state index in [1.54, 1.807) is 0 Å². The summed E-state index contributed by atoms with van der Waals surface area (Å²) >= 11 is 0. The van der Waals surface area contributed by atoms with Crippen LogP contribution in [0.15, 0.2) is 0 Å². The van der Waals surface area contributed by atoms with Gasteiger partial charge in [-0.25, -0.2) is 4.79 Å². The van der Waals surface area contributed by atoms with E-state index < -0.39 is 139 Å². The fourth-order valence-electron chi connectivity index (χ4n) is 11.2. The van der Waals surface area contributed by atoms with Gasteiger partial charge in [-0.15, -0.1) is 0 Å². The fourth-order valence-corrected chi connectivity index (χ4v) is 11.2. The zero-order chi connectivity index (χ0) is 48.8. The Kier molecular flexibility index (Phi) is 16.5. The van der Waals surface area contributed by atoms with Crippen LogP contribution in [0.4, 0.5) is 0 Å². The lowest BCUT2D eigenvalue weighted by Crippen LogP contribution is -2.60. The van der Waals surface area contributed by atoms with E-state index in [4.69, 9.17) is 0 Å². The summed E-state index contributed by atoms with van der Waals surface area (Å²) in [5.74, 6) is -6.54. The second-order valence-corrected chi connectivity index (χ2v) is 18.9. The van der Waals surface area contributed by atoms with Crippen molar-refractivity contribution in [3.05, 3.63) is 0 Å². The smallest absolute Gasteiger partial charge is 0.326 e. The Morgan fingerprint density at radius 1 is 0.412 bits per heavy atom. The van der Waals surface area contributed by atoms with Gasteiger partial charge in [-0.3, -0.25) is 43.2 Å². The van der Waals surface area contributed by atoms with Crippen LogP contribution in [0.5, 0.6) is 0 Å². The largest absolute Gasteiger partial charge is 0.480 e. The number of amides is 9. The highest BCUT2D eigenvalue weighted by molar-refractivity contribution is 5.99. The number of aliphatic hydroxyl groups is 3. The van der Waals surface area contributed by atoms with Gasteiger partial charge in [0.05, 0.1) is 25.9 Å². The molecule has 0 saturated carbocycles. The third kappa shape index (κ3) is 10.4. The maximum absolute atomic E-state index is 14.3. The molecule has 9 amide bonds. The van der Waals surface area contributed by atoms with Crippen molar-refractivity contribution >= 4 is 59.1 Å². The van der Waals surface area contributed by atoms with Crippen molar-refractivity contribution in [1.29, 1.82) is 0 Å². The third-order valence-corrected chi connectivity index (χ3v) is 14.7. The third-order valence-electron chi connectivity index (χ3n) is 14.7. The van der Waals surface area contributed by atoms with Gasteiger partial charge in [0.15, 0.2) is 0 Å². The van der Waals surface area contributed by atoms with E-state index in [1.165, 1.54) is 24.5 Å². The summed E-state index contributed by atoms with van der Waals surface area (Å²) in [6, 6.07) is -10.7. The highest BCUT2D eigenvalue weighted by atomic mass is 16.4. The van der Waals surface area contributed by atoms with Gasteiger partial charge >= 0.3 is 5.97 Å². The number of carboxylic acid groups (broad SMARTS) is 1. The molecule has 7 fully saturated rings. The molecule has 7 rings (SSSR count). The summed E-state index contributed by atoms with van der Waals surface area (Å²) < 4.78 is 0. The topological polar surface area (TPSA) is 319 Å². The molecule has 68 heavy (non-hydrogen) atoms. The van der Waals surface area contributed by atoms with Gasteiger partial charge in [-0.2, -0.15) is 0 Å². The molecule has 7 heterocycles. The lowest BCUT2D eigenvalue weighted by molar-refractivity contribution is -0.152. The Balaban J connectivity index is 0.949. The van der Waals surface area contributed by atoms with Crippen LogP contribution in [0.1, 0.15) is 89.9 Å². The molecule has 376 valence electrons. The van der Waals surface area contributed by atoms with Crippen LogP contribution in [0.3, 0.4) is 0 Å². The predicted molar refractivity (Wildman–Crippen MR) is 234 cm³/mol. The summed E-state index contributed by atoms with van der Waals surface area (Å²) in [5, 5.41) is 50.8. The molecule has 0 aromatic carbocycles. The van der Waals surface area contributed by atoms with Gasteiger partial charge in [0.25, 0.3) is 0 Å². The van der Waals surface area contributed by atoms with Gasteiger partial charge in [-0.1, -0.05) is 0 Å². The maximum atomic E-state index is 14.3. The number of aliphatic hydroxyl groups excluding tert-OH is 3. The first-order chi connectivity index (χ1) is 32.7. The molecule has 0 aliphatic carbocycles. The minimum absolute atomic E-state index is 0.129. The molecule has 24 nitrogen and oxygen atoms in total. The van der Waals surface area contributed by atoms with Crippen LogP contribution in [0, 0.1) is 0 Å². The molecule has 10 atom stereocenters. The van der Waals surface area contributed by atoms with E-state index >= 15 is 0 Å². The van der Waals surface area contributed by atoms with Crippen molar-refractivity contribution in [2.24, 2.45) is 0 Å². The Labute approximate surface area is 393 Å². The van der Waals surface area contributed by atoms with Crippen LogP contribution < -0.4 is 21.3 Å². The van der Waals surface area contributed by atoms with E-state index in [9.17, 15) is 68.4 Å². The SMILES string of the molecule is O=C(N[C@@H](CO)C(=O)N1CCC[C@H]1C(=O)N1CCC[C@H]1C(=O)N[C@@H](CO)C(=O)N1CCC[C@H]1C(=O)N1CCC[C@H]1C(=O)N1CCC[C@H]1C(=O)N[C@@H](CO)C(=O)N1CCC[C@H]1C(=O)O)[C@@H]1CCCN1. The van der Waals surface area contributed by atoms with E-state index in [2.05, 4.69) is 21.3 Å². The Morgan fingerprint density at radius 3 is 1.07 bits per heavy atom. The van der Waals surface area contributed by atoms with Gasteiger partial charge in [0.2, 0.25) is 53.2 Å². The van der Waals surface area contributed by atoms with Crippen molar-refractivity contribution in [1.82, 2.24) is 50.7 Å². The standard InChI is InChI=1S/C44H66N10O14/c55-22-26(46-35(58)25-8-1-15-45-25)38(61)51-18-4-11-31(51)41(64)49-16-2-9-29(49)36(59)47-27(23-56)39(62)52-19-5-12-32(52)43(66)53-20-6-13-33(53)42(65)50-17-3-10-30(50)37(60)48-28(24-57)40(63)54-21-7-14-34(54)44(67)68/h25-34,45,55-57H,1-24H2,(H,46,58)(H,47,59)(H,48,60)(H,67,68)/t25-,26-,27-,28-,29-,30-,31-,32-,33-,34-/m0/s1. The van der Waals surface area contributed by atoms with Crippen LogP contribution in [0.2, 0.25) is 0 Å². The Morgan fingerprint density at radius 2 is 0.721 bits per heavy atom. The van der Waals surface area contributed by atoms with Crippen molar-refractivity contribution in [3.8, 4) is 0 Å². The average molecular weight is 959 g/mol. The summed E-state index contributed by atoms with van der Waals surface area (Å²) in [6.07, 6.45) is 5.68. The van der Waals surface area contributed by atoms with Crippen LogP contribution in [-0.4, -0.2) is 235 Å². The minimum Gasteiger partial charge on any atom is -0.480 e. The summed E-state index contributed by atoms with van der Waals surface area (Å²) in [7, 11) is 0. The number of hydrogen-bond acceptors (Lipinski definition) is 14. The first-order valence-corrected chi connectivity index (χ1v) is 24.2. The lowest BCUT2D eigenvalue weighted by Gasteiger charge is -2.35. The first kappa shape index (κ1) is 50.4. The molecule has 0 aromatic rings. The fraction of sp³-hybridized carbons (Fsp3) is 0.773. The predicted octanol–water partition coefficient (Wildman–Crippen LogP) is -4.80. The summed E-state index contributed by atoms with van der Waals surface area (Å²) in [4.78, 5) is 143. The highest BCUT2D eigenvalue weighted by Gasteiger charge is 2.49. The number of nitrogens with one attached hydrogen (secondary N) is 4. The quantitative estimate of drug-likeness (QED) is 0.0720. The normalized spacial score (nSPS) is 28.4. The number of hydrogen-bond donors (Lipinski definition) is 8. The number of aliphatic carboxylic acids is 1. The van der Waals surface area contributed by atoms with Crippen molar-refractivity contribution in [2.45, 2.75) is 150 Å². The molecule has 24 heteroatoms. The minimum atomic E-state index is -1.48. The Bertz CT molecular complexity index is 1970. The molecular formula is C44H66N10O14. The molecule has 7 saturated heterocycles. The molecule has 0 spiro atoms. The monoisotopic (exact) mass is 958 g/mol. The zero-order valence-electron chi connectivity index (χ0n) is 38.3. The van der Waals surface area contributed by atoms with Gasteiger partial charge in [0, 0.05) is 39.3 Å². The molecule has 0 aromatic heterocycles. The Hall–Kier alpha value is -5.46. The number of nitrogens with zero attached hydrogens (tertiary/aromatic N) is 6. The number of carbonyl (C=O) groups is 10. The first-order valence-electron chi connectivity index (χ1n) is 24.2. The number of carboxylic acids is 1. The van der Waals surface area contributed by atoms with E-state index in [-0.39, 0.29) is 71.4 Å². The van der Waals surface area contributed by atoms with Crippen molar-refractivity contribution in [3.63, 3.8) is 0 Å². The maximum Gasteiger partial charge on any atom is 0.326 e. The van der Waals surface area contributed by atoms with Gasteiger partial charge in [0.1, 0.15) is 54.4 Å². The summed E-state index contributed by atoms with van der Waals surface area (Å²) in [5.41, 5.74) is 0. The lowest BCUT2D eigenvalue weighted by atomic mass is 10.1. The zero-order valence-corrected chi connectivity index (χ0v) is 38.3. The van der Waals surface area contributed by atoms with Gasteiger partial charge < -0.3 is 71.1 Å². The van der Waals surface area contributed by atoms with E-state index in [0.29, 0.717) is 57.9 Å². The molecule has 8 N–H and O–H groups in total. The van der Waals surface area contributed by atoms with Crippen LogP contribution in [0.25, 0.3) is 0 Å². The number of carbonyl (C=O) groups excluding carboxylic acids is 9. The summed E-state index contributed by atoms with van der Waals surface area (Å²) in [6.45, 7) is -0.536. The van der Waals surface area contributed by atoms with Crippen molar-refractivity contribution in [2.75, 3.05) is 65.6 Å². The average Bonchev–Trinajstić information content (AvgIpc) is 4.20. The highest BCUT2D eigenvalue weighted by Crippen LogP contribution is 2.30. The van der Waals surface area contributed by atoms with E-state index in [1.807, 2.05) is 0 Å². The second kappa shape index (κ2) is 22.3. The number of likely N-dealkylation sites (tertiary alicyclic amines) is 6. The molecule has 7 aliphatic rings. The molecule has 7 aliphatic heterocycles. The molecule has 0 radical (unpaired) electrons.